The topological polar surface area (TPSA) is 48.4 Å². The SMILES string of the molecule is CC(C)[C@@H]1NCCN(c2ccc(I)nc2)C1O. The summed E-state index contributed by atoms with van der Waals surface area (Å²) in [6.45, 7) is 5.95. The van der Waals surface area contributed by atoms with E-state index in [0.717, 1.165) is 22.5 Å². The third-order valence-corrected chi connectivity index (χ3v) is 3.77. The van der Waals surface area contributed by atoms with Crippen LogP contribution in [-0.4, -0.2) is 35.4 Å². The predicted molar refractivity (Wildman–Crippen MR) is 76.9 cm³/mol. The summed E-state index contributed by atoms with van der Waals surface area (Å²) in [7, 11) is 0. The molecule has 1 aliphatic rings. The lowest BCUT2D eigenvalue weighted by molar-refractivity contribution is 0.0845. The second-order valence-electron chi connectivity index (χ2n) is 4.67. The van der Waals surface area contributed by atoms with E-state index in [4.69, 9.17) is 0 Å². The molecule has 2 heterocycles. The number of aliphatic hydroxyl groups excluding tert-OH is 1. The van der Waals surface area contributed by atoms with Crippen LogP contribution in [0.1, 0.15) is 13.8 Å². The Hall–Kier alpha value is -0.400. The van der Waals surface area contributed by atoms with Gasteiger partial charge in [-0.2, -0.15) is 0 Å². The van der Waals surface area contributed by atoms with Crippen LogP contribution in [-0.2, 0) is 0 Å². The summed E-state index contributed by atoms with van der Waals surface area (Å²) in [5.41, 5.74) is 0.991. The lowest BCUT2D eigenvalue weighted by Gasteiger charge is -2.41. The number of rotatable bonds is 2. The minimum absolute atomic E-state index is 0.114. The van der Waals surface area contributed by atoms with Crippen LogP contribution < -0.4 is 10.2 Å². The van der Waals surface area contributed by atoms with E-state index in [9.17, 15) is 5.11 Å². The lowest BCUT2D eigenvalue weighted by Crippen LogP contribution is -2.60. The molecule has 0 aromatic carbocycles. The molecular formula is C12H18IN3O. The quantitative estimate of drug-likeness (QED) is 0.628. The monoisotopic (exact) mass is 347 g/mol. The van der Waals surface area contributed by atoms with Crippen molar-refractivity contribution >= 4 is 28.3 Å². The molecule has 0 spiro atoms. The van der Waals surface area contributed by atoms with E-state index in [1.54, 1.807) is 0 Å². The Labute approximate surface area is 116 Å². The predicted octanol–water partition coefficient (Wildman–Crippen LogP) is 1.44. The highest BCUT2D eigenvalue weighted by Crippen LogP contribution is 2.22. The molecule has 17 heavy (non-hydrogen) atoms. The van der Waals surface area contributed by atoms with E-state index in [-0.39, 0.29) is 6.04 Å². The standard InChI is InChI=1S/C12H18IN3O/c1-8(2)11-12(17)16(6-5-14-11)9-3-4-10(13)15-7-9/h3-4,7-8,11-12,14,17H,5-6H2,1-2H3/t11-,12?/m0/s1. The van der Waals surface area contributed by atoms with E-state index in [1.165, 1.54) is 0 Å². The fraction of sp³-hybridized carbons (Fsp3) is 0.583. The molecule has 1 fully saturated rings. The molecule has 0 saturated carbocycles. The van der Waals surface area contributed by atoms with Crippen molar-refractivity contribution in [3.8, 4) is 0 Å². The van der Waals surface area contributed by atoms with Gasteiger partial charge in [0.15, 0.2) is 0 Å². The minimum atomic E-state index is -0.481. The molecule has 1 aliphatic heterocycles. The normalized spacial score (nSPS) is 25.4. The Morgan fingerprint density at radius 2 is 2.29 bits per heavy atom. The molecule has 2 rings (SSSR count). The van der Waals surface area contributed by atoms with Gasteiger partial charge < -0.3 is 15.3 Å². The molecule has 1 saturated heterocycles. The van der Waals surface area contributed by atoms with E-state index in [2.05, 4.69) is 46.7 Å². The Morgan fingerprint density at radius 1 is 1.53 bits per heavy atom. The fourth-order valence-electron chi connectivity index (χ4n) is 2.18. The van der Waals surface area contributed by atoms with Gasteiger partial charge in [-0.05, 0) is 40.6 Å². The number of hydrogen-bond acceptors (Lipinski definition) is 4. The number of aliphatic hydroxyl groups is 1. The summed E-state index contributed by atoms with van der Waals surface area (Å²) in [5, 5.41) is 13.7. The van der Waals surface area contributed by atoms with Crippen LogP contribution in [0.25, 0.3) is 0 Å². The first-order chi connectivity index (χ1) is 8.09. The molecular weight excluding hydrogens is 329 g/mol. The number of hydrogen-bond donors (Lipinski definition) is 2. The number of anilines is 1. The number of nitrogens with one attached hydrogen (secondary N) is 1. The Bertz CT molecular complexity index is 369. The number of halogens is 1. The zero-order valence-corrected chi connectivity index (χ0v) is 12.3. The molecule has 2 atom stereocenters. The Balaban J connectivity index is 2.17. The molecule has 0 aliphatic carbocycles. The summed E-state index contributed by atoms with van der Waals surface area (Å²) in [6, 6.07) is 4.10. The van der Waals surface area contributed by atoms with Crippen LogP contribution in [0.15, 0.2) is 18.3 Å². The summed E-state index contributed by atoms with van der Waals surface area (Å²) >= 11 is 2.18. The van der Waals surface area contributed by atoms with Crippen molar-refractivity contribution in [3.63, 3.8) is 0 Å². The van der Waals surface area contributed by atoms with Crippen molar-refractivity contribution in [1.29, 1.82) is 0 Å². The van der Waals surface area contributed by atoms with Gasteiger partial charge >= 0.3 is 0 Å². The summed E-state index contributed by atoms with van der Waals surface area (Å²) < 4.78 is 0.969. The van der Waals surface area contributed by atoms with Gasteiger partial charge in [-0.1, -0.05) is 13.8 Å². The number of piperazine rings is 1. The van der Waals surface area contributed by atoms with Gasteiger partial charge in [-0.3, -0.25) is 0 Å². The highest BCUT2D eigenvalue weighted by atomic mass is 127. The third kappa shape index (κ3) is 2.89. The Morgan fingerprint density at radius 3 is 2.88 bits per heavy atom. The third-order valence-electron chi connectivity index (χ3n) is 3.13. The van der Waals surface area contributed by atoms with Crippen LogP contribution >= 0.6 is 22.6 Å². The average molecular weight is 347 g/mol. The first-order valence-corrected chi connectivity index (χ1v) is 6.97. The smallest absolute Gasteiger partial charge is 0.142 e. The molecule has 1 unspecified atom stereocenters. The van der Waals surface area contributed by atoms with Crippen molar-refractivity contribution < 1.29 is 5.11 Å². The van der Waals surface area contributed by atoms with Crippen LogP contribution in [0, 0.1) is 9.62 Å². The van der Waals surface area contributed by atoms with Gasteiger partial charge in [0.25, 0.3) is 0 Å². The van der Waals surface area contributed by atoms with Crippen molar-refractivity contribution in [2.24, 2.45) is 5.92 Å². The van der Waals surface area contributed by atoms with Gasteiger partial charge in [0.05, 0.1) is 17.9 Å². The summed E-state index contributed by atoms with van der Waals surface area (Å²) in [6.07, 6.45) is 1.35. The minimum Gasteiger partial charge on any atom is -0.372 e. The van der Waals surface area contributed by atoms with Crippen molar-refractivity contribution in [2.45, 2.75) is 26.1 Å². The summed E-state index contributed by atoms with van der Waals surface area (Å²) in [4.78, 5) is 6.29. The largest absolute Gasteiger partial charge is 0.372 e. The summed E-state index contributed by atoms with van der Waals surface area (Å²) in [5.74, 6) is 0.407. The fourth-order valence-corrected chi connectivity index (χ4v) is 2.50. The zero-order valence-electron chi connectivity index (χ0n) is 10.1. The molecule has 0 radical (unpaired) electrons. The van der Waals surface area contributed by atoms with E-state index >= 15 is 0 Å². The van der Waals surface area contributed by atoms with Crippen molar-refractivity contribution in [2.75, 3.05) is 18.0 Å². The van der Waals surface area contributed by atoms with Crippen molar-refractivity contribution in [3.05, 3.63) is 22.0 Å². The number of pyridine rings is 1. The molecule has 0 amide bonds. The number of nitrogens with zero attached hydrogens (tertiary/aromatic N) is 2. The molecule has 94 valence electrons. The van der Waals surface area contributed by atoms with Gasteiger partial charge in [-0.25, -0.2) is 4.98 Å². The molecule has 5 heteroatoms. The van der Waals surface area contributed by atoms with Gasteiger partial charge in [-0.15, -0.1) is 0 Å². The molecule has 0 bridgehead atoms. The highest BCUT2D eigenvalue weighted by Gasteiger charge is 2.31. The van der Waals surface area contributed by atoms with Gasteiger partial charge in [0, 0.05) is 13.1 Å². The van der Waals surface area contributed by atoms with E-state index < -0.39 is 6.23 Å². The molecule has 1 aromatic heterocycles. The Kier molecular flexibility index (Phi) is 4.22. The first kappa shape index (κ1) is 13.0. The first-order valence-electron chi connectivity index (χ1n) is 5.89. The maximum absolute atomic E-state index is 10.4. The van der Waals surface area contributed by atoms with Crippen LogP contribution in [0.2, 0.25) is 0 Å². The lowest BCUT2D eigenvalue weighted by atomic mass is 9.99. The van der Waals surface area contributed by atoms with Crippen molar-refractivity contribution in [1.82, 2.24) is 10.3 Å². The highest BCUT2D eigenvalue weighted by molar-refractivity contribution is 14.1. The molecule has 1 aromatic rings. The molecule has 4 nitrogen and oxygen atoms in total. The van der Waals surface area contributed by atoms with Crippen LogP contribution in [0.5, 0.6) is 0 Å². The van der Waals surface area contributed by atoms with Gasteiger partial charge in [0.2, 0.25) is 0 Å². The molecule has 2 N–H and O–H groups in total. The number of aromatic nitrogens is 1. The van der Waals surface area contributed by atoms with E-state index in [1.807, 2.05) is 23.2 Å². The average Bonchev–Trinajstić information content (AvgIpc) is 2.30. The van der Waals surface area contributed by atoms with Gasteiger partial charge in [0.1, 0.15) is 9.93 Å². The maximum Gasteiger partial charge on any atom is 0.142 e. The zero-order chi connectivity index (χ0) is 12.4. The second-order valence-corrected chi connectivity index (χ2v) is 5.78. The van der Waals surface area contributed by atoms with E-state index in [0.29, 0.717) is 5.92 Å². The van der Waals surface area contributed by atoms with Crippen LogP contribution in [0.4, 0.5) is 5.69 Å². The second kappa shape index (κ2) is 5.49. The maximum atomic E-state index is 10.4. The van der Waals surface area contributed by atoms with Crippen LogP contribution in [0.3, 0.4) is 0 Å².